The minimum absolute atomic E-state index is 0.263. The van der Waals surface area contributed by atoms with Crippen LogP contribution < -0.4 is 4.74 Å². The summed E-state index contributed by atoms with van der Waals surface area (Å²) in [6, 6.07) is 20.6. The lowest BCUT2D eigenvalue weighted by Crippen LogP contribution is -2.06. The third-order valence-electron chi connectivity index (χ3n) is 4.85. The van der Waals surface area contributed by atoms with E-state index in [0.717, 1.165) is 40.8 Å². The van der Waals surface area contributed by atoms with Gasteiger partial charge in [-0.05, 0) is 60.2 Å². The number of rotatable bonds is 8. The maximum atomic E-state index is 14.7. The Kier molecular flexibility index (Phi) is 7.02. The van der Waals surface area contributed by atoms with Crippen LogP contribution in [0.25, 0.3) is 22.3 Å². The molecule has 4 heteroatoms. The zero-order valence-corrected chi connectivity index (χ0v) is 17.3. The smallest absolute Gasteiger partial charge is 0.333 e. The molecule has 0 heterocycles. The fourth-order valence-electron chi connectivity index (χ4n) is 3.13. The van der Waals surface area contributed by atoms with Gasteiger partial charge in [0.1, 0.15) is 11.6 Å². The zero-order valence-electron chi connectivity index (χ0n) is 17.3. The molecule has 0 atom stereocenters. The average Bonchev–Trinajstić information content (AvgIpc) is 2.77. The fourth-order valence-corrected chi connectivity index (χ4v) is 3.13. The van der Waals surface area contributed by atoms with Crippen LogP contribution in [-0.2, 0) is 16.0 Å². The van der Waals surface area contributed by atoms with E-state index in [1.165, 1.54) is 0 Å². The highest BCUT2D eigenvalue weighted by Crippen LogP contribution is 2.29. The first-order chi connectivity index (χ1) is 14.5. The minimum atomic E-state index is -0.356. The molecule has 0 amide bonds. The molecule has 0 saturated heterocycles. The van der Waals surface area contributed by atoms with Crippen LogP contribution in [0.5, 0.6) is 5.75 Å². The van der Waals surface area contributed by atoms with Gasteiger partial charge >= 0.3 is 5.97 Å². The van der Waals surface area contributed by atoms with Crippen molar-refractivity contribution in [1.82, 2.24) is 0 Å². The predicted molar refractivity (Wildman–Crippen MR) is 118 cm³/mol. The molecule has 0 radical (unpaired) electrons. The molecule has 0 N–H and O–H groups in total. The summed E-state index contributed by atoms with van der Waals surface area (Å²) in [7, 11) is 1.61. The van der Waals surface area contributed by atoms with Crippen LogP contribution in [0.1, 0.15) is 18.9 Å². The van der Waals surface area contributed by atoms with Gasteiger partial charge in [-0.2, -0.15) is 0 Å². The molecule has 0 unspecified atom stereocenters. The summed E-state index contributed by atoms with van der Waals surface area (Å²) in [5.74, 6) is 0.122. The second-order valence-electron chi connectivity index (χ2n) is 7.14. The highest BCUT2D eigenvalue weighted by atomic mass is 19.1. The molecule has 0 aliphatic rings. The van der Waals surface area contributed by atoms with Crippen molar-refractivity contribution in [3.8, 4) is 28.0 Å². The Morgan fingerprint density at radius 2 is 1.57 bits per heavy atom. The molecule has 3 nitrogen and oxygen atoms in total. The highest BCUT2D eigenvalue weighted by Gasteiger charge is 2.08. The van der Waals surface area contributed by atoms with Crippen molar-refractivity contribution >= 4 is 5.97 Å². The summed E-state index contributed by atoms with van der Waals surface area (Å²) >= 11 is 0. The fraction of sp³-hybridized carbons (Fsp3) is 0.192. The third-order valence-corrected chi connectivity index (χ3v) is 4.85. The van der Waals surface area contributed by atoms with Crippen molar-refractivity contribution in [3.63, 3.8) is 0 Å². The molecular weight excluding hydrogens is 379 g/mol. The van der Waals surface area contributed by atoms with E-state index in [1.807, 2.05) is 54.6 Å². The van der Waals surface area contributed by atoms with Gasteiger partial charge in [-0.3, -0.25) is 0 Å². The molecule has 3 aromatic carbocycles. The predicted octanol–water partition coefficient (Wildman–Crippen LogP) is 6.22. The van der Waals surface area contributed by atoms with Gasteiger partial charge in [0, 0.05) is 11.1 Å². The van der Waals surface area contributed by atoms with Crippen molar-refractivity contribution in [1.29, 1.82) is 0 Å². The van der Waals surface area contributed by atoms with Crippen molar-refractivity contribution < 1.29 is 18.7 Å². The van der Waals surface area contributed by atoms with E-state index in [4.69, 9.17) is 9.47 Å². The van der Waals surface area contributed by atoms with Crippen molar-refractivity contribution in [2.45, 2.75) is 19.8 Å². The van der Waals surface area contributed by atoms with Crippen LogP contribution in [0.3, 0.4) is 0 Å². The molecule has 30 heavy (non-hydrogen) atoms. The van der Waals surface area contributed by atoms with E-state index in [9.17, 15) is 9.18 Å². The van der Waals surface area contributed by atoms with E-state index in [0.29, 0.717) is 17.7 Å². The van der Waals surface area contributed by atoms with E-state index >= 15 is 0 Å². The molecule has 0 bridgehead atoms. The first-order valence-electron chi connectivity index (χ1n) is 9.84. The number of hydrogen-bond donors (Lipinski definition) is 0. The van der Waals surface area contributed by atoms with Gasteiger partial charge in [-0.25, -0.2) is 9.18 Å². The average molecular weight is 404 g/mol. The van der Waals surface area contributed by atoms with Crippen LogP contribution in [0, 0.1) is 5.82 Å². The van der Waals surface area contributed by atoms with Gasteiger partial charge in [0.25, 0.3) is 0 Å². The van der Waals surface area contributed by atoms with Crippen LogP contribution in [-0.4, -0.2) is 19.7 Å². The normalized spacial score (nSPS) is 10.5. The minimum Gasteiger partial charge on any atom is -0.497 e. The SMILES string of the molecule is C=C(C)C(=O)OCCCc1ccc(-c2ccc(-c3ccc(OC)cc3)c(F)c2)cc1. The van der Waals surface area contributed by atoms with Crippen LogP contribution >= 0.6 is 0 Å². The Bertz CT molecular complexity index is 1020. The molecule has 0 spiro atoms. The molecule has 154 valence electrons. The molecule has 3 rings (SSSR count). The number of ether oxygens (including phenoxy) is 2. The van der Waals surface area contributed by atoms with Gasteiger partial charge in [0.15, 0.2) is 0 Å². The molecular formula is C26H25FO3. The third kappa shape index (κ3) is 5.35. The number of methoxy groups -OCH3 is 1. The Labute approximate surface area is 176 Å². The van der Waals surface area contributed by atoms with Gasteiger partial charge in [0.2, 0.25) is 0 Å². The first-order valence-corrected chi connectivity index (χ1v) is 9.84. The van der Waals surface area contributed by atoms with E-state index in [1.54, 1.807) is 26.2 Å². The molecule has 0 fully saturated rings. The van der Waals surface area contributed by atoms with Crippen molar-refractivity contribution in [2.24, 2.45) is 0 Å². The van der Waals surface area contributed by atoms with E-state index in [2.05, 4.69) is 6.58 Å². The maximum absolute atomic E-state index is 14.7. The molecule has 0 aliphatic carbocycles. The molecule has 0 aliphatic heterocycles. The van der Waals surface area contributed by atoms with Crippen LogP contribution in [0.15, 0.2) is 78.9 Å². The summed E-state index contributed by atoms with van der Waals surface area (Å²) in [5, 5.41) is 0. The lowest BCUT2D eigenvalue weighted by atomic mass is 9.98. The molecule has 0 aromatic heterocycles. The second kappa shape index (κ2) is 9.88. The number of aryl methyl sites for hydroxylation is 1. The van der Waals surface area contributed by atoms with Crippen molar-refractivity contribution in [2.75, 3.05) is 13.7 Å². The largest absolute Gasteiger partial charge is 0.497 e. The summed E-state index contributed by atoms with van der Waals surface area (Å²) < 4.78 is 25.0. The van der Waals surface area contributed by atoms with Gasteiger partial charge in [-0.15, -0.1) is 0 Å². The number of carbonyl (C=O) groups excluding carboxylic acids is 1. The van der Waals surface area contributed by atoms with Crippen molar-refractivity contribution in [3.05, 3.63) is 90.3 Å². The summed E-state index contributed by atoms with van der Waals surface area (Å²) in [6.45, 7) is 5.56. The van der Waals surface area contributed by atoms with Crippen LogP contribution in [0.4, 0.5) is 4.39 Å². The lowest BCUT2D eigenvalue weighted by molar-refractivity contribution is -0.139. The number of esters is 1. The molecule has 0 saturated carbocycles. The number of hydrogen-bond acceptors (Lipinski definition) is 3. The Morgan fingerprint density at radius 1 is 0.933 bits per heavy atom. The second-order valence-corrected chi connectivity index (χ2v) is 7.14. The Hall–Kier alpha value is -3.40. The monoisotopic (exact) mass is 404 g/mol. The van der Waals surface area contributed by atoms with Gasteiger partial charge in [0.05, 0.1) is 13.7 Å². The Balaban J connectivity index is 1.64. The maximum Gasteiger partial charge on any atom is 0.333 e. The lowest BCUT2D eigenvalue weighted by Gasteiger charge is -2.09. The highest BCUT2D eigenvalue weighted by molar-refractivity contribution is 5.86. The summed E-state index contributed by atoms with van der Waals surface area (Å²) in [4.78, 5) is 11.4. The number of halogens is 1. The Morgan fingerprint density at radius 3 is 2.17 bits per heavy atom. The number of carbonyl (C=O) groups is 1. The summed E-state index contributed by atoms with van der Waals surface area (Å²) in [5.41, 5.74) is 4.69. The topological polar surface area (TPSA) is 35.5 Å². The standard InChI is InChI=1S/C26H25FO3/c1-18(2)26(28)30-16-4-5-19-6-8-20(9-7-19)22-12-15-24(25(27)17-22)21-10-13-23(29-3)14-11-21/h6-15,17H,1,4-5,16H2,2-3H3. The number of benzene rings is 3. The quantitative estimate of drug-likeness (QED) is 0.254. The zero-order chi connectivity index (χ0) is 21.5. The van der Waals surface area contributed by atoms with E-state index in [-0.39, 0.29) is 11.8 Å². The summed E-state index contributed by atoms with van der Waals surface area (Å²) in [6.07, 6.45) is 1.54. The van der Waals surface area contributed by atoms with E-state index < -0.39 is 0 Å². The van der Waals surface area contributed by atoms with Gasteiger partial charge in [-0.1, -0.05) is 55.1 Å². The van der Waals surface area contributed by atoms with Gasteiger partial charge < -0.3 is 9.47 Å². The van der Waals surface area contributed by atoms with Crippen LogP contribution in [0.2, 0.25) is 0 Å². The first kappa shape index (κ1) is 21.3. The molecule has 3 aromatic rings.